The van der Waals surface area contributed by atoms with Crippen molar-refractivity contribution in [2.75, 3.05) is 6.54 Å². The van der Waals surface area contributed by atoms with Crippen LogP contribution in [-0.2, 0) is 13.1 Å². The lowest BCUT2D eigenvalue weighted by Gasteiger charge is -2.13. The summed E-state index contributed by atoms with van der Waals surface area (Å²) in [7, 11) is 0. The Hall–Kier alpha value is -2.09. The maximum atomic E-state index is 12.3. The van der Waals surface area contributed by atoms with E-state index in [4.69, 9.17) is 0 Å². The van der Waals surface area contributed by atoms with E-state index in [2.05, 4.69) is 20.4 Å². The maximum Gasteiger partial charge on any atom is 0.573 e. The second-order valence-electron chi connectivity index (χ2n) is 4.35. The fourth-order valence-electron chi connectivity index (χ4n) is 1.82. The molecule has 0 bridgehead atoms. The number of nitrogens with one attached hydrogen (secondary N) is 1. The zero-order valence-electron chi connectivity index (χ0n) is 11.2. The predicted molar refractivity (Wildman–Crippen MR) is 69.5 cm³/mol. The van der Waals surface area contributed by atoms with Gasteiger partial charge in [-0.25, -0.2) is 0 Å². The van der Waals surface area contributed by atoms with Crippen LogP contribution in [0.5, 0.6) is 5.75 Å². The molecular formula is C13H15F3N4O. The molecule has 8 heteroatoms. The molecule has 1 aromatic heterocycles. The van der Waals surface area contributed by atoms with Gasteiger partial charge in [0.15, 0.2) is 0 Å². The molecule has 0 aliphatic heterocycles. The third-order valence-corrected chi connectivity index (χ3v) is 2.73. The van der Waals surface area contributed by atoms with E-state index < -0.39 is 6.36 Å². The first-order chi connectivity index (χ1) is 10.0. The van der Waals surface area contributed by atoms with Crippen LogP contribution < -0.4 is 10.1 Å². The van der Waals surface area contributed by atoms with Gasteiger partial charge >= 0.3 is 6.36 Å². The number of ether oxygens (including phenoxy) is 1. The highest BCUT2D eigenvalue weighted by Gasteiger charge is 2.31. The third kappa shape index (κ3) is 5.42. The van der Waals surface area contributed by atoms with Crippen LogP contribution in [0.15, 0.2) is 36.7 Å². The van der Waals surface area contributed by atoms with Gasteiger partial charge in [-0.05, 0) is 19.0 Å². The minimum atomic E-state index is -4.68. The van der Waals surface area contributed by atoms with Crippen LogP contribution in [-0.4, -0.2) is 27.9 Å². The summed E-state index contributed by atoms with van der Waals surface area (Å²) < 4.78 is 42.5. The lowest BCUT2D eigenvalue weighted by Crippen LogP contribution is -2.21. The van der Waals surface area contributed by atoms with Crippen molar-refractivity contribution in [1.29, 1.82) is 0 Å². The van der Waals surface area contributed by atoms with Crippen molar-refractivity contribution in [3.05, 3.63) is 42.2 Å². The third-order valence-electron chi connectivity index (χ3n) is 2.73. The molecule has 1 N–H and O–H groups in total. The molecule has 0 spiro atoms. The Morgan fingerprint density at radius 3 is 2.76 bits per heavy atom. The highest BCUT2D eigenvalue weighted by atomic mass is 19.4. The van der Waals surface area contributed by atoms with Crippen LogP contribution in [0.2, 0.25) is 0 Å². The molecule has 1 heterocycles. The number of hydrogen-bond acceptors (Lipinski definition) is 4. The summed E-state index contributed by atoms with van der Waals surface area (Å²) >= 11 is 0. The van der Waals surface area contributed by atoms with E-state index in [1.54, 1.807) is 29.2 Å². The van der Waals surface area contributed by atoms with E-state index in [1.807, 2.05) is 0 Å². The summed E-state index contributed by atoms with van der Waals surface area (Å²) in [6.07, 6.45) is -0.528. The van der Waals surface area contributed by atoms with Crippen molar-refractivity contribution in [1.82, 2.24) is 20.3 Å². The number of benzene rings is 1. The van der Waals surface area contributed by atoms with Gasteiger partial charge in [-0.15, -0.1) is 18.3 Å². The molecule has 0 saturated carbocycles. The minimum Gasteiger partial charge on any atom is -0.405 e. The smallest absolute Gasteiger partial charge is 0.405 e. The van der Waals surface area contributed by atoms with Crippen molar-refractivity contribution in [3.63, 3.8) is 0 Å². The van der Waals surface area contributed by atoms with Crippen molar-refractivity contribution in [2.45, 2.75) is 25.9 Å². The molecule has 0 saturated heterocycles. The van der Waals surface area contributed by atoms with Crippen LogP contribution in [0, 0.1) is 0 Å². The SMILES string of the molecule is FC(F)(F)Oc1ccccc1CNCCCn1ccnn1. The molecule has 5 nitrogen and oxygen atoms in total. The Morgan fingerprint density at radius 2 is 2.05 bits per heavy atom. The summed E-state index contributed by atoms with van der Waals surface area (Å²) in [6, 6.07) is 6.09. The van der Waals surface area contributed by atoms with E-state index >= 15 is 0 Å². The molecule has 0 atom stereocenters. The minimum absolute atomic E-state index is 0.172. The van der Waals surface area contributed by atoms with Crippen molar-refractivity contribution >= 4 is 0 Å². The first-order valence-corrected chi connectivity index (χ1v) is 6.43. The first-order valence-electron chi connectivity index (χ1n) is 6.43. The number of aryl methyl sites for hydroxylation is 1. The molecule has 114 valence electrons. The van der Waals surface area contributed by atoms with E-state index in [-0.39, 0.29) is 5.75 Å². The van der Waals surface area contributed by atoms with E-state index in [0.717, 1.165) is 6.42 Å². The van der Waals surface area contributed by atoms with Crippen molar-refractivity contribution < 1.29 is 17.9 Å². The van der Waals surface area contributed by atoms with E-state index in [9.17, 15) is 13.2 Å². The fourth-order valence-corrected chi connectivity index (χ4v) is 1.82. The second-order valence-corrected chi connectivity index (χ2v) is 4.35. The van der Waals surface area contributed by atoms with Crippen LogP contribution in [0.3, 0.4) is 0 Å². The molecule has 2 aromatic rings. The van der Waals surface area contributed by atoms with Crippen LogP contribution in [0.25, 0.3) is 0 Å². The highest BCUT2D eigenvalue weighted by Crippen LogP contribution is 2.25. The summed E-state index contributed by atoms with van der Waals surface area (Å²) in [4.78, 5) is 0. The van der Waals surface area contributed by atoms with Gasteiger partial charge in [0.1, 0.15) is 5.75 Å². The first kappa shape index (κ1) is 15.3. The average Bonchev–Trinajstić information content (AvgIpc) is 2.91. The maximum absolute atomic E-state index is 12.3. The molecule has 1 aromatic carbocycles. The van der Waals surface area contributed by atoms with E-state index in [0.29, 0.717) is 25.2 Å². The summed E-state index contributed by atoms with van der Waals surface area (Å²) in [5, 5.41) is 10.6. The highest BCUT2D eigenvalue weighted by molar-refractivity contribution is 5.33. The van der Waals surface area contributed by atoms with Gasteiger partial charge in [0, 0.05) is 24.8 Å². The summed E-state index contributed by atoms with van der Waals surface area (Å²) in [5.74, 6) is -0.172. The van der Waals surface area contributed by atoms with Gasteiger partial charge in [-0.1, -0.05) is 23.4 Å². The van der Waals surface area contributed by atoms with Gasteiger partial charge in [0.2, 0.25) is 0 Å². The van der Waals surface area contributed by atoms with E-state index in [1.165, 1.54) is 12.1 Å². The van der Waals surface area contributed by atoms with Gasteiger partial charge in [0.25, 0.3) is 0 Å². The van der Waals surface area contributed by atoms with Crippen LogP contribution in [0.4, 0.5) is 13.2 Å². The molecule has 2 rings (SSSR count). The van der Waals surface area contributed by atoms with Gasteiger partial charge in [-0.3, -0.25) is 4.68 Å². The molecule has 0 fully saturated rings. The number of halogens is 3. The lowest BCUT2D eigenvalue weighted by molar-refractivity contribution is -0.274. The Bertz CT molecular complexity index is 543. The molecule has 0 aliphatic carbocycles. The average molecular weight is 300 g/mol. The molecular weight excluding hydrogens is 285 g/mol. The van der Waals surface area contributed by atoms with Crippen molar-refractivity contribution in [3.8, 4) is 5.75 Å². The lowest BCUT2D eigenvalue weighted by atomic mass is 10.2. The van der Waals surface area contributed by atoms with Gasteiger partial charge < -0.3 is 10.1 Å². The van der Waals surface area contributed by atoms with Crippen LogP contribution in [0.1, 0.15) is 12.0 Å². The quantitative estimate of drug-likeness (QED) is 0.798. The molecule has 21 heavy (non-hydrogen) atoms. The van der Waals surface area contributed by atoms with Crippen molar-refractivity contribution in [2.24, 2.45) is 0 Å². The number of hydrogen-bond donors (Lipinski definition) is 1. The Kier molecular flexibility index (Phi) is 5.15. The number of alkyl halides is 3. The molecule has 0 aliphatic rings. The summed E-state index contributed by atoms with van der Waals surface area (Å²) in [5.41, 5.74) is 0.468. The molecule has 0 unspecified atom stereocenters. The monoisotopic (exact) mass is 300 g/mol. The Balaban J connectivity index is 1.77. The number of nitrogens with zero attached hydrogens (tertiary/aromatic N) is 3. The number of para-hydroxylation sites is 1. The molecule has 0 amide bonds. The topological polar surface area (TPSA) is 52.0 Å². The fraction of sp³-hybridized carbons (Fsp3) is 0.385. The zero-order valence-corrected chi connectivity index (χ0v) is 11.2. The van der Waals surface area contributed by atoms with Gasteiger partial charge in [0.05, 0.1) is 6.20 Å². The number of aromatic nitrogens is 3. The molecule has 0 radical (unpaired) electrons. The van der Waals surface area contributed by atoms with Crippen LogP contribution >= 0.6 is 0 Å². The standard InChI is InChI=1S/C13H15F3N4O/c14-13(15,16)21-12-5-2-1-4-11(12)10-17-6-3-8-20-9-7-18-19-20/h1-2,4-5,7,9,17H,3,6,8,10H2. The second kappa shape index (κ2) is 7.07. The zero-order chi connectivity index (χ0) is 15.1. The van der Waals surface area contributed by atoms with Gasteiger partial charge in [-0.2, -0.15) is 0 Å². The largest absolute Gasteiger partial charge is 0.573 e. The predicted octanol–water partition coefficient (Wildman–Crippen LogP) is 2.36. The summed E-state index contributed by atoms with van der Waals surface area (Å²) in [6.45, 7) is 1.66. The Labute approximate surface area is 119 Å². The normalized spacial score (nSPS) is 11.6. The Morgan fingerprint density at radius 1 is 1.24 bits per heavy atom. The number of rotatable bonds is 7.